The van der Waals surface area contributed by atoms with Crippen molar-refractivity contribution in [2.24, 2.45) is 5.10 Å². The van der Waals surface area contributed by atoms with Crippen LogP contribution in [0.1, 0.15) is 34.6 Å². The van der Waals surface area contributed by atoms with Gasteiger partial charge in [-0.15, -0.1) is 11.3 Å². The van der Waals surface area contributed by atoms with Gasteiger partial charge in [0.2, 0.25) is 0 Å². The van der Waals surface area contributed by atoms with E-state index >= 15 is 0 Å². The third-order valence-corrected chi connectivity index (χ3v) is 5.57. The lowest BCUT2D eigenvalue weighted by atomic mass is 10.1. The number of rotatable bonds is 9. The summed E-state index contributed by atoms with van der Waals surface area (Å²) in [7, 11) is 0. The van der Waals surface area contributed by atoms with Crippen LogP contribution in [-0.2, 0) is 4.79 Å². The van der Waals surface area contributed by atoms with Crippen LogP contribution in [0.25, 0.3) is 6.08 Å². The molecule has 0 aliphatic carbocycles. The van der Waals surface area contributed by atoms with Crippen molar-refractivity contribution in [2.45, 2.75) is 13.8 Å². The molecular weight excluding hydrogens is 420 g/mol. The van der Waals surface area contributed by atoms with Crippen molar-refractivity contribution >= 4 is 41.1 Å². The predicted octanol–water partition coefficient (Wildman–Crippen LogP) is 4.52. The molecule has 0 saturated carbocycles. The highest BCUT2D eigenvalue weighted by Gasteiger charge is 2.14. The van der Waals surface area contributed by atoms with Gasteiger partial charge >= 0.3 is 0 Å². The van der Waals surface area contributed by atoms with Crippen LogP contribution in [0.5, 0.6) is 0 Å². The molecule has 1 aromatic heterocycles. The fourth-order valence-corrected chi connectivity index (χ4v) is 3.64. The van der Waals surface area contributed by atoms with Crippen molar-refractivity contribution in [2.75, 3.05) is 18.0 Å². The lowest BCUT2D eigenvalue weighted by molar-refractivity contribution is -0.117. The lowest BCUT2D eigenvalue weighted by Crippen LogP contribution is -2.32. The van der Waals surface area contributed by atoms with E-state index in [1.165, 1.54) is 11.3 Å². The maximum atomic E-state index is 12.8. The van der Waals surface area contributed by atoms with Crippen LogP contribution in [-0.4, -0.2) is 31.1 Å². The minimum atomic E-state index is -0.505. The van der Waals surface area contributed by atoms with Gasteiger partial charge in [-0.05, 0) is 61.2 Å². The van der Waals surface area contributed by atoms with Gasteiger partial charge in [0.1, 0.15) is 5.70 Å². The van der Waals surface area contributed by atoms with E-state index < -0.39 is 5.91 Å². The van der Waals surface area contributed by atoms with Crippen LogP contribution >= 0.6 is 11.3 Å². The first kappa shape index (κ1) is 23.0. The van der Waals surface area contributed by atoms with Crippen molar-refractivity contribution in [3.8, 4) is 0 Å². The van der Waals surface area contributed by atoms with Crippen molar-refractivity contribution in [3.63, 3.8) is 0 Å². The zero-order chi connectivity index (χ0) is 22.8. The van der Waals surface area contributed by atoms with Crippen LogP contribution in [0, 0.1) is 0 Å². The van der Waals surface area contributed by atoms with Gasteiger partial charge in [0.25, 0.3) is 11.8 Å². The molecule has 0 saturated heterocycles. The molecule has 3 aromatic rings. The van der Waals surface area contributed by atoms with Crippen molar-refractivity contribution in [1.82, 2.24) is 10.7 Å². The fourth-order valence-electron chi connectivity index (χ4n) is 3.06. The summed E-state index contributed by atoms with van der Waals surface area (Å²) in [4.78, 5) is 28.6. The fraction of sp³-hybridized carbons (Fsp3) is 0.160. The Kier molecular flexibility index (Phi) is 8.34. The molecule has 3 rings (SSSR count). The molecule has 6 nitrogen and oxygen atoms in total. The molecule has 0 fully saturated rings. The number of nitrogens with one attached hydrogen (secondary N) is 2. The smallest absolute Gasteiger partial charge is 0.287 e. The number of carbonyl (C=O) groups excluding carboxylic acids is 2. The molecule has 0 radical (unpaired) electrons. The summed E-state index contributed by atoms with van der Waals surface area (Å²) in [6.45, 7) is 6.04. The molecule has 7 heteroatoms. The maximum absolute atomic E-state index is 12.8. The summed E-state index contributed by atoms with van der Waals surface area (Å²) in [5.41, 5.74) is 4.96. The zero-order valence-corrected chi connectivity index (χ0v) is 18.9. The first-order valence-corrected chi connectivity index (χ1v) is 11.3. The van der Waals surface area contributed by atoms with E-state index in [0.717, 1.165) is 29.2 Å². The first-order chi connectivity index (χ1) is 15.6. The van der Waals surface area contributed by atoms with E-state index in [1.54, 1.807) is 36.6 Å². The summed E-state index contributed by atoms with van der Waals surface area (Å²) >= 11 is 1.51. The Bertz CT molecular complexity index is 1070. The zero-order valence-electron chi connectivity index (χ0n) is 18.1. The van der Waals surface area contributed by atoms with E-state index in [1.807, 2.05) is 47.8 Å². The normalized spacial score (nSPS) is 11.4. The molecule has 0 unspecified atom stereocenters. The second kappa shape index (κ2) is 11.6. The third-order valence-electron chi connectivity index (χ3n) is 4.76. The number of carbonyl (C=O) groups is 2. The molecule has 164 valence electrons. The highest BCUT2D eigenvalue weighted by atomic mass is 32.1. The largest absolute Gasteiger partial charge is 0.372 e. The number of benzene rings is 2. The standard InChI is InChI=1S/C25H26N4O2S/c1-3-29(4-2)21-14-12-19(13-15-21)17-23(27-24(30)20-9-6-5-7-10-20)25(31)28-26-18-22-11-8-16-32-22/h5-18H,3-4H2,1-2H3,(H,27,30)(H,28,31)/b23-17-,26-18+. The highest BCUT2D eigenvalue weighted by molar-refractivity contribution is 7.11. The minimum Gasteiger partial charge on any atom is -0.372 e. The van der Waals surface area contributed by atoms with E-state index in [2.05, 4.69) is 34.6 Å². The van der Waals surface area contributed by atoms with Crippen molar-refractivity contribution < 1.29 is 9.59 Å². The second-order valence-corrected chi connectivity index (χ2v) is 7.84. The predicted molar refractivity (Wildman–Crippen MR) is 132 cm³/mol. The SMILES string of the molecule is CCN(CC)c1ccc(/C=C(\NC(=O)c2ccccc2)C(=O)N/N=C/c2cccs2)cc1. The molecule has 2 amide bonds. The summed E-state index contributed by atoms with van der Waals surface area (Å²) < 4.78 is 0. The van der Waals surface area contributed by atoms with Crippen LogP contribution in [0.15, 0.2) is 82.9 Å². The average molecular weight is 447 g/mol. The number of hydrogen-bond donors (Lipinski definition) is 2. The van der Waals surface area contributed by atoms with Gasteiger partial charge in [-0.3, -0.25) is 9.59 Å². The Balaban J connectivity index is 1.81. The Hall–Kier alpha value is -3.71. The topological polar surface area (TPSA) is 73.8 Å². The Morgan fingerprint density at radius 3 is 2.31 bits per heavy atom. The van der Waals surface area contributed by atoms with E-state index in [9.17, 15) is 9.59 Å². The number of anilines is 1. The molecule has 1 heterocycles. The summed E-state index contributed by atoms with van der Waals surface area (Å²) in [6, 6.07) is 20.4. The minimum absolute atomic E-state index is 0.109. The number of hydrazone groups is 1. The van der Waals surface area contributed by atoms with Crippen molar-refractivity contribution in [3.05, 3.63) is 93.8 Å². The van der Waals surface area contributed by atoms with Gasteiger partial charge in [0, 0.05) is 29.2 Å². The molecule has 0 aliphatic heterocycles. The molecule has 0 aliphatic rings. The molecule has 0 spiro atoms. The molecule has 0 bridgehead atoms. The van der Waals surface area contributed by atoms with Crippen LogP contribution < -0.4 is 15.6 Å². The molecule has 2 aromatic carbocycles. The van der Waals surface area contributed by atoms with E-state index in [4.69, 9.17) is 0 Å². The summed E-state index contributed by atoms with van der Waals surface area (Å²) in [5, 5.41) is 8.64. The highest BCUT2D eigenvalue weighted by Crippen LogP contribution is 2.16. The van der Waals surface area contributed by atoms with Crippen molar-refractivity contribution in [1.29, 1.82) is 0 Å². The maximum Gasteiger partial charge on any atom is 0.287 e. The van der Waals surface area contributed by atoms with E-state index in [-0.39, 0.29) is 11.6 Å². The second-order valence-electron chi connectivity index (χ2n) is 6.86. The van der Waals surface area contributed by atoms with Gasteiger partial charge in [-0.2, -0.15) is 5.10 Å². The quantitative estimate of drug-likeness (QED) is 0.288. The average Bonchev–Trinajstić information content (AvgIpc) is 3.34. The lowest BCUT2D eigenvalue weighted by Gasteiger charge is -2.20. The van der Waals surface area contributed by atoms with Gasteiger partial charge in [-0.1, -0.05) is 36.4 Å². The van der Waals surface area contributed by atoms with Crippen LogP contribution in [0.4, 0.5) is 5.69 Å². The summed E-state index contributed by atoms with van der Waals surface area (Å²) in [5.74, 6) is -0.871. The number of amides is 2. The molecular formula is C25H26N4O2S. The van der Waals surface area contributed by atoms with Gasteiger partial charge in [0.15, 0.2) is 0 Å². The van der Waals surface area contributed by atoms with Crippen LogP contribution in [0.2, 0.25) is 0 Å². The Morgan fingerprint density at radius 2 is 1.69 bits per heavy atom. The van der Waals surface area contributed by atoms with Gasteiger partial charge in [0.05, 0.1) is 6.21 Å². The number of nitrogens with zero attached hydrogens (tertiary/aromatic N) is 2. The first-order valence-electron chi connectivity index (χ1n) is 10.4. The third kappa shape index (κ3) is 6.39. The monoisotopic (exact) mass is 446 g/mol. The summed E-state index contributed by atoms with van der Waals surface area (Å²) in [6.07, 6.45) is 3.21. The van der Waals surface area contributed by atoms with Gasteiger partial charge < -0.3 is 10.2 Å². The molecule has 32 heavy (non-hydrogen) atoms. The van der Waals surface area contributed by atoms with Crippen LogP contribution in [0.3, 0.4) is 0 Å². The Morgan fingerprint density at radius 1 is 0.969 bits per heavy atom. The van der Waals surface area contributed by atoms with Gasteiger partial charge in [-0.25, -0.2) is 5.43 Å². The number of thiophene rings is 1. The van der Waals surface area contributed by atoms with E-state index in [0.29, 0.717) is 5.56 Å². The Labute approximate surface area is 192 Å². The molecule has 2 N–H and O–H groups in total. The molecule has 0 atom stereocenters. The number of hydrogen-bond acceptors (Lipinski definition) is 5.